The minimum atomic E-state index is -4.05. The van der Waals surface area contributed by atoms with Crippen LogP contribution in [0.2, 0.25) is 38.3 Å². The highest BCUT2D eigenvalue weighted by molar-refractivity contribution is 7.49. The first-order chi connectivity index (χ1) is 26.8. The third-order valence-electron chi connectivity index (χ3n) is 10.6. The number of benzene rings is 5. The zero-order valence-corrected chi connectivity index (χ0v) is 35.2. The van der Waals surface area contributed by atoms with E-state index in [1.165, 1.54) is 10.4 Å². The number of amides is 1. The van der Waals surface area contributed by atoms with Gasteiger partial charge in [-0.25, -0.2) is 14.2 Å². The lowest BCUT2D eigenvalue weighted by Crippen LogP contribution is -2.42. The van der Waals surface area contributed by atoms with Crippen LogP contribution in [0.15, 0.2) is 133 Å². The molecule has 12 heteroatoms. The van der Waals surface area contributed by atoms with Gasteiger partial charge in [0.2, 0.25) is 0 Å². The number of carboxylic acid groups (broad SMARTS) is 1. The van der Waals surface area contributed by atoms with Crippen LogP contribution >= 0.6 is 7.82 Å². The molecule has 9 nitrogen and oxygen atoms in total. The number of hydrogen-bond donors (Lipinski definition) is 2. The fourth-order valence-corrected chi connectivity index (χ4v) is 12.5. The second-order valence-corrected chi connectivity index (χ2v) is 26.7. The summed E-state index contributed by atoms with van der Waals surface area (Å²) in [6.07, 6.45) is -0.825. The third kappa shape index (κ3) is 10.3. The molecule has 56 heavy (non-hydrogen) atoms. The number of phosphoric ester groups is 1. The van der Waals surface area contributed by atoms with E-state index < -0.39 is 42.1 Å². The van der Waals surface area contributed by atoms with E-state index in [0.717, 1.165) is 22.3 Å². The number of alkyl carbamates (subject to hydrolysis) is 1. The Morgan fingerprint density at radius 1 is 0.679 bits per heavy atom. The zero-order chi connectivity index (χ0) is 39.8. The maximum atomic E-state index is 14.2. The van der Waals surface area contributed by atoms with Gasteiger partial charge in [0, 0.05) is 12.3 Å². The van der Waals surface area contributed by atoms with Gasteiger partial charge in [0.05, 0.1) is 29.4 Å². The van der Waals surface area contributed by atoms with Crippen LogP contribution in [-0.2, 0) is 29.6 Å². The Bertz CT molecular complexity index is 2040. The maximum absolute atomic E-state index is 14.2. The molecule has 0 aliphatic heterocycles. The molecule has 1 aliphatic rings. The van der Waals surface area contributed by atoms with Crippen LogP contribution in [0, 0.1) is 0 Å². The summed E-state index contributed by atoms with van der Waals surface area (Å²) in [5.74, 6) is -1.09. The van der Waals surface area contributed by atoms with Gasteiger partial charge in [-0.1, -0.05) is 158 Å². The van der Waals surface area contributed by atoms with Crippen LogP contribution in [0.4, 0.5) is 4.79 Å². The molecule has 6 rings (SSSR count). The van der Waals surface area contributed by atoms with E-state index in [-0.39, 0.29) is 37.9 Å². The number of rotatable bonds is 18. The van der Waals surface area contributed by atoms with Gasteiger partial charge in [-0.05, 0) is 52.0 Å². The van der Waals surface area contributed by atoms with Crippen molar-refractivity contribution in [3.8, 4) is 16.9 Å². The number of carbonyl (C=O) groups excluding carboxylic acids is 1. The Morgan fingerprint density at radius 3 is 1.62 bits per heavy atom. The van der Waals surface area contributed by atoms with Crippen molar-refractivity contribution in [3.63, 3.8) is 0 Å². The first-order valence-electron chi connectivity index (χ1n) is 19.0. The molecular formula is C44H50NO8PSi2. The summed E-state index contributed by atoms with van der Waals surface area (Å²) >= 11 is 0. The SMILES string of the molecule is C[Si](C)(CCOP(=O)(OCC[Si](C)(C)c1ccccc1)Oc1ccc(C[C@H](NC(=O)OCC2c3ccccc3-c3ccccc32)C(=O)O)cc1)c1ccccc1. The minimum absolute atomic E-state index is 0.0110. The second-order valence-electron chi connectivity index (χ2n) is 15.4. The monoisotopic (exact) mass is 807 g/mol. The molecule has 1 amide bonds. The summed E-state index contributed by atoms with van der Waals surface area (Å²) in [6, 6.07) is 43.3. The highest BCUT2D eigenvalue weighted by Gasteiger charge is 2.34. The molecule has 0 spiro atoms. The van der Waals surface area contributed by atoms with E-state index in [1.54, 1.807) is 24.3 Å². The molecule has 0 saturated carbocycles. The summed E-state index contributed by atoms with van der Waals surface area (Å²) in [5, 5.41) is 15.1. The number of hydrogen-bond acceptors (Lipinski definition) is 7. The molecule has 0 radical (unpaired) electrons. The zero-order valence-electron chi connectivity index (χ0n) is 32.4. The molecule has 5 aromatic rings. The lowest BCUT2D eigenvalue weighted by molar-refractivity contribution is -0.139. The summed E-state index contributed by atoms with van der Waals surface area (Å²) < 4.78 is 37.8. The number of fused-ring (bicyclic) bond motifs is 3. The quantitative estimate of drug-likeness (QED) is 0.0666. The van der Waals surface area contributed by atoms with Crippen molar-refractivity contribution in [3.05, 3.63) is 150 Å². The predicted octanol–water partition coefficient (Wildman–Crippen LogP) is 8.97. The van der Waals surface area contributed by atoms with Crippen LogP contribution in [0.5, 0.6) is 5.75 Å². The van der Waals surface area contributed by atoms with Gasteiger partial charge in [-0.2, -0.15) is 0 Å². The Hall–Kier alpha value is -4.78. The van der Waals surface area contributed by atoms with Crippen LogP contribution in [-0.4, -0.2) is 59.2 Å². The van der Waals surface area contributed by atoms with Gasteiger partial charge in [0.1, 0.15) is 18.4 Å². The van der Waals surface area contributed by atoms with E-state index in [4.69, 9.17) is 18.3 Å². The van der Waals surface area contributed by atoms with Crippen molar-refractivity contribution in [2.45, 2.75) is 56.7 Å². The number of ether oxygens (including phenoxy) is 1. The van der Waals surface area contributed by atoms with Crippen molar-refractivity contribution in [1.29, 1.82) is 0 Å². The molecule has 1 aliphatic carbocycles. The molecule has 5 aromatic carbocycles. The van der Waals surface area contributed by atoms with Gasteiger partial charge in [0.25, 0.3) is 0 Å². The van der Waals surface area contributed by atoms with E-state index >= 15 is 0 Å². The third-order valence-corrected chi connectivity index (χ3v) is 18.7. The van der Waals surface area contributed by atoms with E-state index in [1.807, 2.05) is 84.9 Å². The number of nitrogens with one attached hydrogen (secondary N) is 1. The predicted molar refractivity (Wildman–Crippen MR) is 227 cm³/mol. The van der Waals surface area contributed by atoms with Crippen molar-refractivity contribution in [1.82, 2.24) is 5.32 Å². The average molecular weight is 808 g/mol. The van der Waals surface area contributed by atoms with Gasteiger partial charge in [-0.15, -0.1) is 0 Å². The Morgan fingerprint density at radius 2 is 1.14 bits per heavy atom. The first-order valence-corrected chi connectivity index (χ1v) is 26.8. The molecule has 0 aromatic heterocycles. The molecule has 2 N–H and O–H groups in total. The van der Waals surface area contributed by atoms with Crippen LogP contribution < -0.4 is 20.2 Å². The summed E-state index contributed by atoms with van der Waals surface area (Å²) in [6.45, 7) is 9.46. The summed E-state index contributed by atoms with van der Waals surface area (Å²) in [4.78, 5) is 25.2. The highest BCUT2D eigenvalue weighted by atomic mass is 31.2. The van der Waals surface area contributed by atoms with Crippen molar-refractivity contribution >= 4 is 46.4 Å². The molecule has 1 atom stereocenters. The number of phosphoric acid groups is 1. The first kappa shape index (κ1) is 40.9. The average Bonchev–Trinajstić information content (AvgIpc) is 3.51. The second kappa shape index (κ2) is 18.0. The molecule has 0 heterocycles. The normalized spacial score (nSPS) is 13.4. The Kier molecular flexibility index (Phi) is 13.1. The van der Waals surface area contributed by atoms with Gasteiger partial charge < -0.3 is 19.7 Å². The topological polar surface area (TPSA) is 120 Å². The number of aliphatic carboxylic acids is 1. The van der Waals surface area contributed by atoms with Crippen molar-refractivity contribution < 1.29 is 37.6 Å². The molecule has 0 saturated heterocycles. The van der Waals surface area contributed by atoms with Crippen LogP contribution in [0.3, 0.4) is 0 Å². The number of carboxylic acids is 1. The van der Waals surface area contributed by atoms with E-state index in [2.05, 4.69) is 55.8 Å². The van der Waals surface area contributed by atoms with E-state index in [9.17, 15) is 19.3 Å². The fraction of sp³-hybridized carbons (Fsp3) is 0.273. The molecule has 0 bridgehead atoms. The smallest absolute Gasteiger partial charge is 0.480 e. The summed E-state index contributed by atoms with van der Waals surface area (Å²) in [7, 11) is -7.85. The van der Waals surface area contributed by atoms with Crippen molar-refractivity contribution in [2.24, 2.45) is 0 Å². The standard InChI is InChI=1S/C44H50NO8PSi2/c1-55(2,35-15-7-5-8-16-35)29-27-51-54(49,52-28-30-56(3,4)36-17-9-6-10-18-36)53-34-25-23-33(24-26-34)31-42(43(46)47)45-44(48)50-32-41-39-21-13-11-19-37(39)38-20-12-14-22-40(38)41/h5-26,41-42H,27-32H2,1-4H3,(H,45,48)(H,46,47)/t42-/m0/s1. The lowest BCUT2D eigenvalue weighted by atomic mass is 9.98. The van der Waals surface area contributed by atoms with Gasteiger partial charge in [0.15, 0.2) is 0 Å². The van der Waals surface area contributed by atoms with Crippen molar-refractivity contribution in [2.75, 3.05) is 19.8 Å². The van der Waals surface area contributed by atoms with Crippen LogP contribution in [0.1, 0.15) is 22.6 Å². The minimum Gasteiger partial charge on any atom is -0.480 e. The highest BCUT2D eigenvalue weighted by Crippen LogP contribution is 2.50. The maximum Gasteiger partial charge on any atom is 0.530 e. The van der Waals surface area contributed by atoms with Crippen LogP contribution in [0.25, 0.3) is 11.1 Å². The fourth-order valence-electron chi connectivity index (χ4n) is 7.02. The summed E-state index contributed by atoms with van der Waals surface area (Å²) in [5.41, 5.74) is 4.95. The van der Waals surface area contributed by atoms with Gasteiger partial charge in [-0.3, -0.25) is 9.05 Å². The molecule has 292 valence electrons. The largest absolute Gasteiger partial charge is 0.530 e. The van der Waals surface area contributed by atoms with Gasteiger partial charge >= 0.3 is 19.9 Å². The molecular weight excluding hydrogens is 758 g/mol. The lowest BCUT2D eigenvalue weighted by Gasteiger charge is -2.26. The Balaban J connectivity index is 1.07. The molecule has 0 fully saturated rings. The number of carbonyl (C=O) groups is 2. The Labute approximate surface area is 331 Å². The van der Waals surface area contributed by atoms with E-state index in [0.29, 0.717) is 17.7 Å². The molecule has 0 unspecified atom stereocenters.